The van der Waals surface area contributed by atoms with E-state index in [9.17, 15) is 19.2 Å². The van der Waals surface area contributed by atoms with Crippen molar-refractivity contribution in [1.29, 1.82) is 0 Å². The molecule has 7 nitrogen and oxygen atoms in total. The molecule has 1 aromatic heterocycles. The van der Waals surface area contributed by atoms with Gasteiger partial charge in [-0.2, -0.15) is 0 Å². The number of amides is 2. The van der Waals surface area contributed by atoms with Crippen molar-refractivity contribution >= 4 is 56.1 Å². The number of benzene rings is 4. The third-order valence-corrected chi connectivity index (χ3v) is 7.39. The molecule has 0 spiro atoms. The number of hydrogen-bond acceptors (Lipinski definition) is 6. The topological polar surface area (TPSA) is 93.6 Å². The van der Waals surface area contributed by atoms with Crippen LogP contribution in [0.25, 0.3) is 22.2 Å². The van der Waals surface area contributed by atoms with Gasteiger partial charge < -0.3 is 4.74 Å². The van der Waals surface area contributed by atoms with E-state index in [2.05, 4.69) is 15.9 Å². The summed E-state index contributed by atoms with van der Waals surface area (Å²) in [7, 11) is 0. The number of aryl methyl sites for hydroxylation is 1. The average molecular weight is 605 g/mol. The van der Waals surface area contributed by atoms with Gasteiger partial charge in [0.05, 0.1) is 33.6 Å². The molecule has 1 aliphatic heterocycles. The molecular formula is C33H21BrN2O5. The van der Waals surface area contributed by atoms with Gasteiger partial charge in [0.2, 0.25) is 0 Å². The van der Waals surface area contributed by atoms with Crippen molar-refractivity contribution in [2.75, 3.05) is 11.5 Å². The molecule has 41 heavy (non-hydrogen) atoms. The standard InChI is InChI=1S/C33H21BrN2O5/c1-19-15-22(34)16-26-27(33(40)41-18-29(37)21-7-3-2-4-8-21)17-28(35-30(19)26)20-11-13-23(14-12-20)36-31(38)24-9-5-6-10-25(24)32(36)39/h2-17H,18H2,1H3. The highest BCUT2D eigenvalue weighted by molar-refractivity contribution is 9.10. The average Bonchev–Trinajstić information content (AvgIpc) is 3.25. The first kappa shape index (κ1) is 26.3. The molecule has 8 heteroatoms. The lowest BCUT2D eigenvalue weighted by atomic mass is 10.0. The monoisotopic (exact) mass is 604 g/mol. The van der Waals surface area contributed by atoms with Gasteiger partial charge in [-0.25, -0.2) is 14.7 Å². The van der Waals surface area contributed by atoms with Gasteiger partial charge in [-0.15, -0.1) is 0 Å². The molecule has 1 aliphatic rings. The zero-order valence-corrected chi connectivity index (χ0v) is 23.3. The summed E-state index contributed by atoms with van der Waals surface area (Å²) < 4.78 is 6.23. The summed E-state index contributed by atoms with van der Waals surface area (Å²) >= 11 is 3.49. The van der Waals surface area contributed by atoms with Crippen LogP contribution in [0.4, 0.5) is 5.69 Å². The fourth-order valence-corrected chi connectivity index (χ4v) is 5.47. The minimum Gasteiger partial charge on any atom is -0.454 e. The highest BCUT2D eigenvalue weighted by Gasteiger charge is 2.36. The minimum absolute atomic E-state index is 0.264. The van der Waals surface area contributed by atoms with Crippen LogP contribution in [0.5, 0.6) is 0 Å². The summed E-state index contributed by atoms with van der Waals surface area (Å²) in [6.45, 7) is 1.49. The lowest BCUT2D eigenvalue weighted by Gasteiger charge is -2.15. The van der Waals surface area contributed by atoms with E-state index < -0.39 is 12.6 Å². The maximum absolute atomic E-state index is 13.3. The molecule has 0 atom stereocenters. The lowest BCUT2D eigenvalue weighted by Crippen LogP contribution is -2.29. The number of carbonyl (C=O) groups excluding carboxylic acids is 4. The van der Waals surface area contributed by atoms with E-state index in [1.165, 1.54) is 0 Å². The molecule has 5 aromatic rings. The van der Waals surface area contributed by atoms with Crippen molar-refractivity contribution in [2.45, 2.75) is 6.92 Å². The van der Waals surface area contributed by atoms with E-state index in [1.54, 1.807) is 91.0 Å². The Bertz CT molecular complexity index is 1850. The van der Waals surface area contributed by atoms with Crippen molar-refractivity contribution in [3.05, 3.63) is 129 Å². The molecule has 0 aliphatic carbocycles. The number of ether oxygens (including phenoxy) is 1. The van der Waals surface area contributed by atoms with Crippen LogP contribution in [-0.4, -0.2) is 35.2 Å². The number of hydrogen-bond donors (Lipinski definition) is 0. The summed E-state index contributed by atoms with van der Waals surface area (Å²) in [6, 6.07) is 27.5. The number of esters is 1. The molecule has 200 valence electrons. The first-order chi connectivity index (χ1) is 19.8. The number of halogens is 1. The van der Waals surface area contributed by atoms with Crippen LogP contribution in [0.15, 0.2) is 102 Å². The summed E-state index contributed by atoms with van der Waals surface area (Å²) in [5.74, 6) is -1.71. The van der Waals surface area contributed by atoms with Crippen LogP contribution < -0.4 is 4.90 Å². The SMILES string of the molecule is Cc1cc(Br)cc2c(C(=O)OCC(=O)c3ccccc3)cc(-c3ccc(N4C(=O)c5ccccc5C4=O)cc3)nc12. The van der Waals surface area contributed by atoms with Gasteiger partial charge in [-0.3, -0.25) is 14.4 Å². The van der Waals surface area contributed by atoms with Crippen LogP contribution >= 0.6 is 15.9 Å². The third kappa shape index (κ3) is 4.83. The van der Waals surface area contributed by atoms with E-state index in [-0.39, 0.29) is 23.2 Å². The Morgan fingerprint density at radius 3 is 2.12 bits per heavy atom. The van der Waals surface area contributed by atoms with E-state index in [4.69, 9.17) is 9.72 Å². The predicted molar refractivity (Wildman–Crippen MR) is 158 cm³/mol. The quantitative estimate of drug-likeness (QED) is 0.120. The van der Waals surface area contributed by atoms with Crippen molar-refractivity contribution in [3.8, 4) is 11.3 Å². The smallest absolute Gasteiger partial charge is 0.339 e. The van der Waals surface area contributed by atoms with E-state index >= 15 is 0 Å². The summed E-state index contributed by atoms with van der Waals surface area (Å²) in [5, 5.41) is 0.584. The molecule has 6 rings (SSSR count). The fraction of sp³-hybridized carbons (Fsp3) is 0.0606. The number of carbonyl (C=O) groups is 4. The Balaban J connectivity index is 1.33. The first-order valence-corrected chi connectivity index (χ1v) is 13.6. The molecule has 2 amide bonds. The van der Waals surface area contributed by atoms with Crippen molar-refractivity contribution in [2.24, 2.45) is 0 Å². The lowest BCUT2D eigenvalue weighted by molar-refractivity contribution is 0.0476. The molecule has 0 saturated carbocycles. The second-order valence-corrected chi connectivity index (χ2v) is 10.5. The Morgan fingerprint density at radius 2 is 1.46 bits per heavy atom. The van der Waals surface area contributed by atoms with Crippen LogP contribution in [0, 0.1) is 6.92 Å². The van der Waals surface area contributed by atoms with E-state index in [0.717, 1.165) is 14.9 Å². The Hall–Kier alpha value is -4.95. The summed E-state index contributed by atoms with van der Waals surface area (Å²) in [5.41, 5.74) is 4.51. The number of Topliss-reactive ketones (excluding diaryl/α,β-unsaturated/α-hetero) is 1. The molecule has 0 saturated heterocycles. The molecule has 0 bridgehead atoms. The fourth-order valence-electron chi connectivity index (χ4n) is 4.89. The zero-order chi connectivity index (χ0) is 28.7. The zero-order valence-electron chi connectivity index (χ0n) is 21.8. The first-order valence-electron chi connectivity index (χ1n) is 12.8. The minimum atomic E-state index is -0.650. The van der Waals surface area contributed by atoms with Gasteiger partial charge in [0.1, 0.15) is 0 Å². The number of pyridine rings is 1. The number of ketones is 1. The number of anilines is 1. The number of aromatic nitrogens is 1. The molecule has 0 fully saturated rings. The van der Waals surface area contributed by atoms with Crippen LogP contribution in [0.1, 0.15) is 47.0 Å². The number of fused-ring (bicyclic) bond motifs is 2. The van der Waals surface area contributed by atoms with Gasteiger partial charge >= 0.3 is 5.97 Å². The molecule has 0 radical (unpaired) electrons. The van der Waals surface area contributed by atoms with Crippen molar-refractivity contribution < 1.29 is 23.9 Å². The Kier molecular flexibility index (Phi) is 6.77. The molecule has 0 N–H and O–H groups in total. The number of imide groups is 1. The van der Waals surface area contributed by atoms with Crippen LogP contribution in [0.2, 0.25) is 0 Å². The highest BCUT2D eigenvalue weighted by Crippen LogP contribution is 2.33. The van der Waals surface area contributed by atoms with E-state index in [0.29, 0.717) is 44.5 Å². The second kappa shape index (κ2) is 10.6. The largest absolute Gasteiger partial charge is 0.454 e. The van der Waals surface area contributed by atoms with Gasteiger partial charge in [0.15, 0.2) is 12.4 Å². The van der Waals surface area contributed by atoms with Crippen molar-refractivity contribution in [1.82, 2.24) is 4.98 Å². The normalized spacial score (nSPS) is 12.5. The molecule has 0 unspecified atom stereocenters. The number of rotatable bonds is 6. The van der Waals surface area contributed by atoms with Gasteiger partial charge in [-0.05, 0) is 55.0 Å². The Morgan fingerprint density at radius 1 is 0.829 bits per heavy atom. The summed E-state index contributed by atoms with van der Waals surface area (Å²) in [6.07, 6.45) is 0. The predicted octanol–water partition coefficient (Wildman–Crippen LogP) is 6.81. The van der Waals surface area contributed by atoms with Gasteiger partial charge in [0, 0.05) is 21.0 Å². The summed E-state index contributed by atoms with van der Waals surface area (Å²) in [4.78, 5) is 57.6. The second-order valence-electron chi connectivity index (χ2n) is 9.58. The van der Waals surface area contributed by atoms with Crippen LogP contribution in [0.3, 0.4) is 0 Å². The van der Waals surface area contributed by atoms with Crippen molar-refractivity contribution in [3.63, 3.8) is 0 Å². The van der Waals surface area contributed by atoms with E-state index in [1.807, 2.05) is 13.0 Å². The third-order valence-electron chi connectivity index (χ3n) is 6.93. The number of nitrogens with zero attached hydrogens (tertiary/aromatic N) is 2. The Labute approximate surface area is 243 Å². The molecule has 2 heterocycles. The molecule has 4 aromatic carbocycles. The van der Waals surface area contributed by atoms with Gasteiger partial charge in [0.25, 0.3) is 11.8 Å². The molecular weight excluding hydrogens is 584 g/mol. The highest BCUT2D eigenvalue weighted by atomic mass is 79.9. The maximum Gasteiger partial charge on any atom is 0.339 e. The van der Waals surface area contributed by atoms with Gasteiger partial charge in [-0.1, -0.05) is 70.5 Å². The maximum atomic E-state index is 13.3. The van der Waals surface area contributed by atoms with Crippen LogP contribution in [-0.2, 0) is 4.74 Å².